The number of hydrogen-bond donors (Lipinski definition) is 2. The highest BCUT2D eigenvalue weighted by Gasteiger charge is 2.31. The molecular weight excluding hydrogens is 259 g/mol. The van der Waals surface area contributed by atoms with Gasteiger partial charge in [-0.25, -0.2) is 0 Å². The van der Waals surface area contributed by atoms with Crippen LogP contribution in [0.3, 0.4) is 0 Å². The van der Waals surface area contributed by atoms with Gasteiger partial charge in [-0.2, -0.15) is 13.2 Å². The summed E-state index contributed by atoms with van der Waals surface area (Å²) >= 11 is 0. The van der Waals surface area contributed by atoms with E-state index in [1.165, 1.54) is 12.1 Å². The Balaban J connectivity index is 2.87. The molecule has 0 aromatic heterocycles. The van der Waals surface area contributed by atoms with E-state index < -0.39 is 17.3 Å². The molecule has 0 aliphatic heterocycles. The first-order valence-corrected chi connectivity index (χ1v) is 5.86. The van der Waals surface area contributed by atoms with E-state index in [0.717, 1.165) is 12.1 Å². The molecule has 0 bridgehead atoms. The van der Waals surface area contributed by atoms with Gasteiger partial charge in [0.1, 0.15) is 0 Å². The average molecular weight is 277 g/mol. The molecule has 0 aliphatic carbocycles. The molecule has 6 heteroatoms. The monoisotopic (exact) mass is 277 g/mol. The van der Waals surface area contributed by atoms with Crippen molar-refractivity contribution in [3.8, 4) is 0 Å². The fourth-order valence-electron chi connectivity index (χ4n) is 1.71. The van der Waals surface area contributed by atoms with Crippen molar-refractivity contribution in [3.63, 3.8) is 0 Å². The van der Waals surface area contributed by atoms with Crippen LogP contribution in [-0.2, 0) is 16.5 Å². The van der Waals surface area contributed by atoms with E-state index in [0.29, 0.717) is 18.7 Å². The molecule has 0 fully saturated rings. The number of hydrogen-bond acceptors (Lipinski definition) is 3. The second kappa shape index (κ2) is 6.36. The van der Waals surface area contributed by atoms with Crippen LogP contribution < -0.4 is 5.32 Å². The lowest BCUT2D eigenvalue weighted by Gasteiger charge is -2.29. The third-order valence-corrected chi connectivity index (χ3v) is 2.99. The van der Waals surface area contributed by atoms with Crippen LogP contribution in [0, 0.1) is 0 Å². The summed E-state index contributed by atoms with van der Waals surface area (Å²) in [7, 11) is 1.55. The highest BCUT2D eigenvalue weighted by molar-refractivity contribution is 5.29. The van der Waals surface area contributed by atoms with Crippen LogP contribution in [0.2, 0.25) is 0 Å². The lowest BCUT2D eigenvalue weighted by atomic mass is 9.92. The fraction of sp³-hybridized carbons (Fsp3) is 0.538. The molecule has 0 heterocycles. The average Bonchev–Trinajstić information content (AvgIpc) is 2.38. The first kappa shape index (κ1) is 15.9. The number of aliphatic hydroxyl groups excluding tert-OH is 1. The van der Waals surface area contributed by atoms with Crippen LogP contribution >= 0.6 is 0 Å². The van der Waals surface area contributed by atoms with Crippen LogP contribution in [0.1, 0.15) is 18.1 Å². The van der Waals surface area contributed by atoms with Crippen molar-refractivity contribution in [1.29, 1.82) is 0 Å². The Morgan fingerprint density at radius 2 is 1.68 bits per heavy atom. The third kappa shape index (κ3) is 4.19. The van der Waals surface area contributed by atoms with Gasteiger partial charge in [-0.3, -0.25) is 0 Å². The summed E-state index contributed by atoms with van der Waals surface area (Å²) in [6, 6.07) is 4.78. The van der Waals surface area contributed by atoms with Gasteiger partial charge in [-0.1, -0.05) is 12.1 Å². The summed E-state index contributed by atoms with van der Waals surface area (Å²) in [6.45, 7) is 2.46. The summed E-state index contributed by atoms with van der Waals surface area (Å²) < 4.78 is 42.3. The number of methoxy groups -OCH3 is 1. The summed E-state index contributed by atoms with van der Waals surface area (Å²) in [6.07, 6.45) is -4.35. The Labute approximate surface area is 110 Å². The zero-order valence-electron chi connectivity index (χ0n) is 10.9. The van der Waals surface area contributed by atoms with E-state index in [-0.39, 0.29) is 6.61 Å². The van der Waals surface area contributed by atoms with Gasteiger partial charge in [0.2, 0.25) is 0 Å². The lowest BCUT2D eigenvalue weighted by Crippen LogP contribution is -2.44. The van der Waals surface area contributed by atoms with E-state index in [2.05, 4.69) is 5.32 Å². The molecule has 0 aliphatic rings. The highest BCUT2D eigenvalue weighted by Crippen LogP contribution is 2.30. The van der Waals surface area contributed by atoms with E-state index in [1.54, 1.807) is 14.0 Å². The number of halogens is 3. The van der Waals surface area contributed by atoms with E-state index in [1.807, 2.05) is 0 Å². The molecule has 1 aromatic carbocycles. The highest BCUT2D eigenvalue weighted by atomic mass is 19.4. The normalized spacial score (nSPS) is 15.3. The summed E-state index contributed by atoms with van der Waals surface area (Å²) in [5.74, 6) is 0. The van der Waals surface area contributed by atoms with Gasteiger partial charge in [-0.15, -0.1) is 0 Å². The molecule has 0 amide bonds. The molecule has 0 radical (unpaired) electrons. The molecule has 1 atom stereocenters. The third-order valence-electron chi connectivity index (χ3n) is 2.99. The smallest absolute Gasteiger partial charge is 0.394 e. The molecule has 3 nitrogen and oxygen atoms in total. The zero-order valence-corrected chi connectivity index (χ0v) is 10.9. The number of aliphatic hydroxyl groups is 1. The maximum atomic E-state index is 12.5. The fourth-order valence-corrected chi connectivity index (χ4v) is 1.71. The van der Waals surface area contributed by atoms with Gasteiger partial charge in [0.25, 0.3) is 0 Å². The number of alkyl halides is 3. The van der Waals surface area contributed by atoms with Gasteiger partial charge in [0, 0.05) is 13.7 Å². The van der Waals surface area contributed by atoms with Crippen molar-refractivity contribution in [2.45, 2.75) is 18.6 Å². The summed E-state index contributed by atoms with van der Waals surface area (Å²) in [5.41, 5.74) is -0.893. The molecule has 0 spiro atoms. The Bertz CT molecular complexity index is 392. The van der Waals surface area contributed by atoms with Crippen molar-refractivity contribution < 1.29 is 23.0 Å². The van der Waals surface area contributed by atoms with Crippen LogP contribution in [0.4, 0.5) is 13.2 Å². The standard InChI is InChI=1S/C13H18F3NO2/c1-12(9-18,17-7-8-19-2)10-3-5-11(6-4-10)13(14,15)16/h3-6,17-18H,7-9H2,1-2H3. The minimum atomic E-state index is -4.35. The topological polar surface area (TPSA) is 41.5 Å². The van der Waals surface area contributed by atoms with Gasteiger partial charge in [0.15, 0.2) is 0 Å². The van der Waals surface area contributed by atoms with Gasteiger partial charge in [0.05, 0.1) is 24.3 Å². The Morgan fingerprint density at radius 3 is 2.11 bits per heavy atom. The quantitative estimate of drug-likeness (QED) is 0.783. The van der Waals surface area contributed by atoms with E-state index in [4.69, 9.17) is 4.74 Å². The Kier molecular flexibility index (Phi) is 5.34. The number of rotatable bonds is 6. The second-order valence-corrected chi connectivity index (χ2v) is 4.48. The van der Waals surface area contributed by atoms with Gasteiger partial charge >= 0.3 is 6.18 Å². The van der Waals surface area contributed by atoms with Gasteiger partial charge < -0.3 is 15.2 Å². The molecule has 0 saturated carbocycles. The number of ether oxygens (including phenoxy) is 1. The molecule has 0 saturated heterocycles. The molecule has 19 heavy (non-hydrogen) atoms. The molecule has 108 valence electrons. The zero-order chi connectivity index (χ0) is 14.5. The van der Waals surface area contributed by atoms with Crippen molar-refractivity contribution in [2.75, 3.05) is 26.9 Å². The van der Waals surface area contributed by atoms with Crippen LogP contribution in [-0.4, -0.2) is 32.0 Å². The van der Waals surface area contributed by atoms with Crippen molar-refractivity contribution >= 4 is 0 Å². The van der Waals surface area contributed by atoms with Crippen LogP contribution in [0.15, 0.2) is 24.3 Å². The Morgan fingerprint density at radius 1 is 1.16 bits per heavy atom. The molecule has 1 aromatic rings. The number of benzene rings is 1. The first-order valence-electron chi connectivity index (χ1n) is 5.86. The largest absolute Gasteiger partial charge is 0.416 e. The summed E-state index contributed by atoms with van der Waals surface area (Å²) in [5, 5.41) is 12.5. The SMILES string of the molecule is COCCNC(C)(CO)c1ccc(C(F)(F)F)cc1. The maximum Gasteiger partial charge on any atom is 0.416 e. The van der Waals surface area contributed by atoms with Crippen LogP contribution in [0.25, 0.3) is 0 Å². The maximum absolute atomic E-state index is 12.5. The summed E-state index contributed by atoms with van der Waals surface area (Å²) in [4.78, 5) is 0. The van der Waals surface area contributed by atoms with Crippen molar-refractivity contribution in [2.24, 2.45) is 0 Å². The minimum Gasteiger partial charge on any atom is -0.394 e. The van der Waals surface area contributed by atoms with E-state index >= 15 is 0 Å². The number of nitrogens with one attached hydrogen (secondary N) is 1. The second-order valence-electron chi connectivity index (χ2n) is 4.48. The minimum absolute atomic E-state index is 0.220. The predicted octanol–water partition coefficient (Wildman–Crippen LogP) is 2.15. The Hall–Kier alpha value is -1.11. The molecular formula is C13H18F3NO2. The molecule has 1 unspecified atom stereocenters. The molecule has 1 rings (SSSR count). The lowest BCUT2D eigenvalue weighted by molar-refractivity contribution is -0.137. The molecule has 2 N–H and O–H groups in total. The van der Waals surface area contributed by atoms with Crippen molar-refractivity contribution in [1.82, 2.24) is 5.32 Å². The first-order chi connectivity index (χ1) is 8.83. The van der Waals surface area contributed by atoms with E-state index in [9.17, 15) is 18.3 Å². The van der Waals surface area contributed by atoms with Gasteiger partial charge in [-0.05, 0) is 24.6 Å². The van der Waals surface area contributed by atoms with Crippen LogP contribution in [0.5, 0.6) is 0 Å². The predicted molar refractivity (Wildman–Crippen MR) is 65.8 cm³/mol. The van der Waals surface area contributed by atoms with Crippen molar-refractivity contribution in [3.05, 3.63) is 35.4 Å².